The Kier molecular flexibility index (Phi) is 2.96. The van der Waals surface area contributed by atoms with Crippen LogP contribution in [0.5, 0.6) is 5.75 Å². The summed E-state index contributed by atoms with van der Waals surface area (Å²) in [5, 5.41) is 13.5. The van der Waals surface area contributed by atoms with Gasteiger partial charge in [0.2, 0.25) is 5.82 Å². The first-order valence-corrected chi connectivity index (χ1v) is 6.11. The maximum Gasteiger partial charge on any atom is 0.262 e. The minimum atomic E-state index is -0.00920. The molecule has 0 spiro atoms. The standard InChI is InChI=1S/C12H7BrN4O2/c13-8-3-7(4-15-5-8)11-16-12(19-17-11)9-1-2-14-6-10(9)18/h1-6,18H. The summed E-state index contributed by atoms with van der Waals surface area (Å²) >= 11 is 3.33. The lowest BCUT2D eigenvalue weighted by Crippen LogP contribution is -1.84. The maximum absolute atomic E-state index is 9.68. The van der Waals surface area contributed by atoms with Crippen molar-refractivity contribution in [3.8, 4) is 28.6 Å². The molecule has 3 rings (SSSR count). The number of pyridine rings is 2. The predicted octanol–water partition coefficient (Wildman–Crippen LogP) is 2.66. The third-order valence-electron chi connectivity index (χ3n) is 2.42. The van der Waals surface area contributed by atoms with Gasteiger partial charge in [-0.15, -0.1) is 0 Å². The highest BCUT2D eigenvalue weighted by Crippen LogP contribution is 2.28. The number of hydrogen-bond donors (Lipinski definition) is 1. The monoisotopic (exact) mass is 318 g/mol. The summed E-state index contributed by atoms with van der Waals surface area (Å²) in [6, 6.07) is 3.43. The Bertz CT molecular complexity index is 729. The number of nitrogens with zero attached hydrogens (tertiary/aromatic N) is 4. The number of halogens is 1. The molecule has 0 aliphatic heterocycles. The minimum absolute atomic E-state index is 0.00920. The topological polar surface area (TPSA) is 84.9 Å². The number of rotatable bonds is 2. The van der Waals surface area contributed by atoms with Crippen LogP contribution in [0.15, 0.2) is 45.9 Å². The SMILES string of the molecule is Oc1cnccc1-c1nc(-c2cncc(Br)c2)no1. The lowest BCUT2D eigenvalue weighted by molar-refractivity contribution is 0.425. The Hall–Kier alpha value is -2.28. The van der Waals surface area contributed by atoms with Crippen LogP contribution in [-0.4, -0.2) is 25.2 Å². The van der Waals surface area contributed by atoms with Gasteiger partial charge in [0.15, 0.2) is 0 Å². The summed E-state index contributed by atoms with van der Waals surface area (Å²) in [5.74, 6) is 0.625. The second kappa shape index (κ2) is 4.77. The molecular formula is C12H7BrN4O2. The molecule has 1 N–H and O–H groups in total. The fraction of sp³-hybridized carbons (Fsp3) is 0. The van der Waals surface area contributed by atoms with Gasteiger partial charge in [0.25, 0.3) is 5.89 Å². The van der Waals surface area contributed by atoms with Crippen LogP contribution in [-0.2, 0) is 0 Å². The van der Waals surface area contributed by atoms with Crippen LogP contribution in [0.4, 0.5) is 0 Å². The average molecular weight is 319 g/mol. The van der Waals surface area contributed by atoms with E-state index in [0.717, 1.165) is 10.0 Å². The summed E-state index contributed by atoms with van der Waals surface area (Å²) in [7, 11) is 0. The van der Waals surface area contributed by atoms with Gasteiger partial charge in [-0.05, 0) is 28.1 Å². The summed E-state index contributed by atoms with van der Waals surface area (Å²) in [6.07, 6.45) is 6.16. The van der Waals surface area contributed by atoms with Crippen LogP contribution in [0, 0.1) is 0 Å². The van der Waals surface area contributed by atoms with E-state index in [1.807, 2.05) is 6.07 Å². The van der Waals surface area contributed by atoms with Crippen molar-refractivity contribution in [1.82, 2.24) is 20.1 Å². The molecule has 0 unspecified atom stereocenters. The first kappa shape index (κ1) is 11.8. The van der Waals surface area contributed by atoms with E-state index in [-0.39, 0.29) is 11.6 Å². The molecule has 0 amide bonds. The van der Waals surface area contributed by atoms with Gasteiger partial charge >= 0.3 is 0 Å². The lowest BCUT2D eigenvalue weighted by atomic mass is 10.2. The van der Waals surface area contributed by atoms with Crippen LogP contribution < -0.4 is 0 Å². The van der Waals surface area contributed by atoms with Gasteiger partial charge in [0, 0.05) is 28.6 Å². The molecule has 3 aromatic rings. The summed E-state index contributed by atoms with van der Waals surface area (Å²) in [4.78, 5) is 12.0. The molecule has 0 saturated heterocycles. The Morgan fingerprint density at radius 3 is 2.84 bits per heavy atom. The fourth-order valence-corrected chi connectivity index (χ4v) is 1.92. The van der Waals surface area contributed by atoms with Gasteiger partial charge in [-0.25, -0.2) is 0 Å². The summed E-state index contributed by atoms with van der Waals surface area (Å²) < 4.78 is 5.96. The molecule has 0 aromatic carbocycles. The molecule has 3 aromatic heterocycles. The molecule has 0 saturated carbocycles. The fourth-order valence-electron chi connectivity index (χ4n) is 1.55. The van der Waals surface area contributed by atoms with Crippen LogP contribution in [0.2, 0.25) is 0 Å². The third kappa shape index (κ3) is 2.32. The second-order valence-corrected chi connectivity index (χ2v) is 4.62. The molecule has 0 radical (unpaired) electrons. The smallest absolute Gasteiger partial charge is 0.262 e. The van der Waals surface area contributed by atoms with E-state index < -0.39 is 0 Å². The van der Waals surface area contributed by atoms with Crippen molar-refractivity contribution >= 4 is 15.9 Å². The minimum Gasteiger partial charge on any atom is -0.505 e. The van der Waals surface area contributed by atoms with Gasteiger partial charge in [0.1, 0.15) is 5.75 Å². The van der Waals surface area contributed by atoms with E-state index in [0.29, 0.717) is 11.4 Å². The predicted molar refractivity (Wildman–Crippen MR) is 70.1 cm³/mol. The lowest BCUT2D eigenvalue weighted by Gasteiger charge is -1.96. The van der Waals surface area contributed by atoms with Crippen molar-refractivity contribution in [2.75, 3.05) is 0 Å². The van der Waals surface area contributed by atoms with Crippen molar-refractivity contribution in [2.24, 2.45) is 0 Å². The average Bonchev–Trinajstić information content (AvgIpc) is 2.89. The van der Waals surface area contributed by atoms with Gasteiger partial charge in [0.05, 0.1) is 11.8 Å². The molecule has 0 bridgehead atoms. The molecular weight excluding hydrogens is 312 g/mol. The Labute approximate surface area is 116 Å². The first-order chi connectivity index (χ1) is 9.24. The summed E-state index contributed by atoms with van der Waals surface area (Å²) in [6.45, 7) is 0. The Morgan fingerprint density at radius 1 is 1.16 bits per heavy atom. The zero-order valence-electron chi connectivity index (χ0n) is 9.49. The second-order valence-electron chi connectivity index (χ2n) is 3.71. The molecule has 0 atom stereocenters. The van der Waals surface area contributed by atoms with Crippen molar-refractivity contribution in [1.29, 1.82) is 0 Å². The highest BCUT2D eigenvalue weighted by Gasteiger charge is 2.14. The molecule has 6 nitrogen and oxygen atoms in total. The molecule has 0 aliphatic carbocycles. The van der Waals surface area contributed by atoms with E-state index in [2.05, 4.69) is 36.0 Å². The van der Waals surface area contributed by atoms with E-state index in [4.69, 9.17) is 4.52 Å². The number of aromatic hydroxyl groups is 1. The van der Waals surface area contributed by atoms with E-state index in [1.54, 1.807) is 24.7 Å². The van der Waals surface area contributed by atoms with E-state index in [1.165, 1.54) is 6.20 Å². The molecule has 0 aliphatic rings. The van der Waals surface area contributed by atoms with Crippen molar-refractivity contribution < 1.29 is 9.63 Å². The van der Waals surface area contributed by atoms with Crippen LogP contribution in [0.25, 0.3) is 22.8 Å². The molecule has 7 heteroatoms. The van der Waals surface area contributed by atoms with Crippen molar-refractivity contribution in [3.05, 3.63) is 41.4 Å². The molecule has 19 heavy (non-hydrogen) atoms. The zero-order chi connectivity index (χ0) is 13.2. The van der Waals surface area contributed by atoms with Gasteiger partial charge < -0.3 is 9.63 Å². The maximum atomic E-state index is 9.68. The van der Waals surface area contributed by atoms with Crippen LogP contribution in [0.3, 0.4) is 0 Å². The normalized spacial score (nSPS) is 10.6. The van der Waals surface area contributed by atoms with E-state index in [9.17, 15) is 5.11 Å². The van der Waals surface area contributed by atoms with Crippen LogP contribution in [0.1, 0.15) is 0 Å². The Morgan fingerprint density at radius 2 is 2.05 bits per heavy atom. The largest absolute Gasteiger partial charge is 0.505 e. The number of aromatic nitrogens is 4. The van der Waals surface area contributed by atoms with Crippen LogP contribution >= 0.6 is 15.9 Å². The van der Waals surface area contributed by atoms with E-state index >= 15 is 0 Å². The highest BCUT2D eigenvalue weighted by molar-refractivity contribution is 9.10. The summed E-state index contributed by atoms with van der Waals surface area (Å²) in [5.41, 5.74) is 1.16. The van der Waals surface area contributed by atoms with Crippen molar-refractivity contribution in [2.45, 2.75) is 0 Å². The highest BCUT2D eigenvalue weighted by atomic mass is 79.9. The number of hydrogen-bond acceptors (Lipinski definition) is 6. The van der Waals surface area contributed by atoms with Gasteiger partial charge in [-0.3, -0.25) is 9.97 Å². The molecule has 94 valence electrons. The molecule has 3 heterocycles. The molecule has 0 fully saturated rings. The Balaban J connectivity index is 2.03. The quantitative estimate of drug-likeness (QED) is 0.781. The zero-order valence-corrected chi connectivity index (χ0v) is 11.1. The van der Waals surface area contributed by atoms with Gasteiger partial charge in [-0.2, -0.15) is 4.98 Å². The van der Waals surface area contributed by atoms with Gasteiger partial charge in [-0.1, -0.05) is 5.16 Å². The third-order valence-corrected chi connectivity index (χ3v) is 2.85. The van der Waals surface area contributed by atoms with Crippen molar-refractivity contribution in [3.63, 3.8) is 0 Å². The first-order valence-electron chi connectivity index (χ1n) is 5.32.